The van der Waals surface area contributed by atoms with Crippen LogP contribution in [-0.4, -0.2) is 20.7 Å². The lowest BCUT2D eigenvalue weighted by Crippen LogP contribution is -2.46. The molecular weight excluding hydrogens is 288 g/mol. The van der Waals surface area contributed by atoms with Gasteiger partial charge in [-0.3, -0.25) is 4.79 Å². The summed E-state index contributed by atoms with van der Waals surface area (Å²) in [6, 6.07) is 0. The predicted molar refractivity (Wildman–Crippen MR) is 97.6 cm³/mol. The zero-order valence-electron chi connectivity index (χ0n) is 15.7. The van der Waals surface area contributed by atoms with Gasteiger partial charge < -0.3 is 4.43 Å². The minimum Gasteiger partial charge on any atom is -0.416 e. The molecule has 0 unspecified atom stereocenters. The average molecular weight is 323 g/mol. The molecule has 0 aromatic carbocycles. The van der Waals surface area contributed by atoms with E-state index in [1.165, 1.54) is 5.57 Å². The van der Waals surface area contributed by atoms with Crippen molar-refractivity contribution in [1.82, 2.24) is 0 Å². The van der Waals surface area contributed by atoms with E-state index < -0.39 is 8.32 Å². The van der Waals surface area contributed by atoms with Crippen molar-refractivity contribution < 1.29 is 9.22 Å². The first-order valence-corrected chi connectivity index (χ1v) is 11.3. The summed E-state index contributed by atoms with van der Waals surface area (Å²) in [6.45, 7) is 18.4. The summed E-state index contributed by atoms with van der Waals surface area (Å²) in [6.07, 6.45) is 7.73. The van der Waals surface area contributed by atoms with Crippen molar-refractivity contribution >= 4 is 14.1 Å². The van der Waals surface area contributed by atoms with Crippen molar-refractivity contribution in [3.05, 3.63) is 23.8 Å². The van der Waals surface area contributed by atoms with Gasteiger partial charge in [-0.1, -0.05) is 45.4 Å². The zero-order valence-corrected chi connectivity index (χ0v) is 16.7. The molecule has 1 aliphatic carbocycles. The van der Waals surface area contributed by atoms with Crippen LogP contribution in [-0.2, 0) is 9.22 Å². The quantitative estimate of drug-likeness (QED) is 0.492. The molecule has 0 spiro atoms. The Morgan fingerprint density at radius 1 is 1.41 bits per heavy atom. The Morgan fingerprint density at radius 2 is 2.00 bits per heavy atom. The van der Waals surface area contributed by atoms with Gasteiger partial charge in [-0.25, -0.2) is 0 Å². The van der Waals surface area contributed by atoms with Gasteiger partial charge >= 0.3 is 0 Å². The monoisotopic (exact) mass is 322 g/mol. The highest BCUT2D eigenvalue weighted by Crippen LogP contribution is 2.45. The molecule has 0 radical (unpaired) electrons. The van der Waals surface area contributed by atoms with Gasteiger partial charge in [0.1, 0.15) is 0 Å². The summed E-state index contributed by atoms with van der Waals surface area (Å²) in [7, 11) is -1.79. The number of hydrogen-bond acceptors (Lipinski definition) is 2. The topological polar surface area (TPSA) is 26.3 Å². The molecule has 0 N–H and O–H groups in total. The second-order valence-electron chi connectivity index (χ2n) is 8.59. The maximum Gasteiger partial charge on any atom is 0.192 e. The lowest BCUT2D eigenvalue weighted by Gasteiger charge is -2.44. The second-order valence-corrected chi connectivity index (χ2v) is 13.4. The molecule has 0 saturated carbocycles. The third-order valence-electron chi connectivity index (χ3n) is 5.53. The highest BCUT2D eigenvalue weighted by atomic mass is 28.4. The first kappa shape index (κ1) is 19.4. The van der Waals surface area contributed by atoms with Crippen LogP contribution in [0.15, 0.2) is 23.8 Å². The Morgan fingerprint density at radius 3 is 2.50 bits per heavy atom. The van der Waals surface area contributed by atoms with Crippen LogP contribution in [0.4, 0.5) is 0 Å². The summed E-state index contributed by atoms with van der Waals surface area (Å²) in [5.74, 6) is 0.640. The average Bonchev–Trinajstić information content (AvgIpc) is 2.34. The van der Waals surface area contributed by atoms with Gasteiger partial charge in [-0.05, 0) is 50.4 Å². The molecule has 1 rings (SSSR count). The molecule has 0 bridgehead atoms. The van der Waals surface area contributed by atoms with Crippen LogP contribution < -0.4 is 0 Å². The minimum absolute atomic E-state index is 0.0923. The highest BCUT2D eigenvalue weighted by Gasteiger charge is 2.43. The van der Waals surface area contributed by atoms with Crippen LogP contribution in [0.3, 0.4) is 0 Å². The molecule has 0 aliphatic heterocycles. The van der Waals surface area contributed by atoms with Gasteiger partial charge in [0, 0.05) is 18.4 Å². The van der Waals surface area contributed by atoms with Crippen molar-refractivity contribution in [2.24, 2.45) is 11.3 Å². The van der Waals surface area contributed by atoms with Crippen molar-refractivity contribution in [1.29, 1.82) is 0 Å². The molecule has 0 aromatic heterocycles. The van der Waals surface area contributed by atoms with Gasteiger partial charge in [0.25, 0.3) is 0 Å². The first-order valence-electron chi connectivity index (χ1n) is 8.39. The number of allylic oxidation sites excluding steroid dienone is 4. The van der Waals surface area contributed by atoms with E-state index in [-0.39, 0.29) is 16.2 Å². The molecule has 3 heteroatoms. The lowest BCUT2D eigenvalue weighted by atomic mass is 9.66. The fourth-order valence-electron chi connectivity index (χ4n) is 2.93. The van der Waals surface area contributed by atoms with Gasteiger partial charge in [0.2, 0.25) is 0 Å². The Labute approximate surface area is 138 Å². The van der Waals surface area contributed by atoms with Crippen LogP contribution in [0.25, 0.3) is 0 Å². The maximum absolute atomic E-state index is 12.1. The molecule has 0 heterocycles. The Hall–Kier alpha value is -0.673. The number of ketones is 1. The van der Waals surface area contributed by atoms with Crippen LogP contribution in [0.1, 0.15) is 54.4 Å². The van der Waals surface area contributed by atoms with Gasteiger partial charge in [0.15, 0.2) is 14.1 Å². The number of rotatable bonds is 5. The summed E-state index contributed by atoms with van der Waals surface area (Å²) < 4.78 is 6.48. The fraction of sp³-hybridized carbons (Fsp3) is 0.737. The van der Waals surface area contributed by atoms with Crippen LogP contribution >= 0.6 is 0 Å². The highest BCUT2D eigenvalue weighted by molar-refractivity contribution is 6.74. The van der Waals surface area contributed by atoms with Gasteiger partial charge in [-0.15, -0.1) is 0 Å². The van der Waals surface area contributed by atoms with E-state index in [4.69, 9.17) is 4.43 Å². The molecule has 0 saturated heterocycles. The Balaban J connectivity index is 2.97. The largest absolute Gasteiger partial charge is 0.416 e. The number of carbonyl (C=O) groups is 1. The first-order chi connectivity index (χ1) is 9.93. The summed E-state index contributed by atoms with van der Waals surface area (Å²) in [5, 5.41) is 0.200. The minimum atomic E-state index is -1.79. The van der Waals surface area contributed by atoms with Crippen molar-refractivity contribution in [2.45, 2.75) is 72.5 Å². The fourth-order valence-corrected chi connectivity index (χ4v) is 4.06. The Bertz CT molecular complexity index is 468. The van der Waals surface area contributed by atoms with E-state index in [9.17, 15) is 4.79 Å². The van der Waals surface area contributed by atoms with Crippen molar-refractivity contribution in [2.75, 3.05) is 6.61 Å². The van der Waals surface area contributed by atoms with Gasteiger partial charge in [-0.2, -0.15) is 0 Å². The smallest absolute Gasteiger partial charge is 0.192 e. The number of hydrogen-bond donors (Lipinski definition) is 0. The van der Waals surface area contributed by atoms with Crippen LogP contribution in [0.2, 0.25) is 18.1 Å². The standard InChI is InChI=1S/C19H34O2Si/c1-9-10-11-17-15(2)12-16(20)13-19(17,6)14-21-22(7,8)18(3,4)5/h9-10,12,17H,11,13-14H2,1-8H3/b10-9+/t17-,19+/m0/s1. The van der Waals surface area contributed by atoms with E-state index >= 15 is 0 Å². The summed E-state index contributed by atoms with van der Waals surface area (Å²) >= 11 is 0. The SMILES string of the molecule is C/C=C/C[C@H]1C(C)=CC(=O)C[C@]1(C)CO[Si](C)(C)C(C)(C)C. The molecule has 0 amide bonds. The third-order valence-corrected chi connectivity index (χ3v) is 10.0. The molecule has 126 valence electrons. The van der Waals surface area contributed by atoms with Crippen LogP contribution in [0.5, 0.6) is 0 Å². The Kier molecular flexibility index (Phi) is 6.02. The maximum atomic E-state index is 12.1. The molecule has 1 aliphatic rings. The van der Waals surface area contributed by atoms with Gasteiger partial charge in [0.05, 0.1) is 0 Å². The predicted octanol–water partition coefficient (Wildman–Crippen LogP) is 5.52. The molecule has 0 fully saturated rings. The molecule has 0 aromatic rings. The van der Waals surface area contributed by atoms with E-state index in [0.717, 1.165) is 6.42 Å². The zero-order chi connectivity index (χ0) is 17.2. The van der Waals surface area contributed by atoms with Crippen molar-refractivity contribution in [3.63, 3.8) is 0 Å². The number of carbonyl (C=O) groups excluding carboxylic acids is 1. The van der Waals surface area contributed by atoms with E-state index in [1.807, 2.05) is 6.08 Å². The van der Waals surface area contributed by atoms with E-state index in [0.29, 0.717) is 18.9 Å². The third kappa shape index (κ3) is 4.42. The molecular formula is C19H34O2Si. The molecule has 22 heavy (non-hydrogen) atoms. The second kappa shape index (κ2) is 6.84. The molecule has 2 atom stereocenters. The lowest BCUT2D eigenvalue weighted by molar-refractivity contribution is -0.119. The van der Waals surface area contributed by atoms with E-state index in [2.05, 4.69) is 66.8 Å². The normalized spacial score (nSPS) is 27.4. The summed E-state index contributed by atoms with van der Waals surface area (Å²) in [4.78, 5) is 12.1. The van der Waals surface area contributed by atoms with Crippen molar-refractivity contribution in [3.8, 4) is 0 Å². The summed E-state index contributed by atoms with van der Waals surface area (Å²) in [5.41, 5.74) is 1.11. The van der Waals surface area contributed by atoms with E-state index in [1.54, 1.807) is 0 Å². The molecule has 2 nitrogen and oxygen atoms in total. The van der Waals surface area contributed by atoms with Crippen LogP contribution in [0, 0.1) is 11.3 Å².